The lowest BCUT2D eigenvalue weighted by Gasteiger charge is -2.38. The molecule has 1 fully saturated rings. The minimum Gasteiger partial charge on any atom is -0.399 e. The molecule has 0 unspecified atom stereocenters. The van der Waals surface area contributed by atoms with Gasteiger partial charge in [0.2, 0.25) is 5.91 Å². The first kappa shape index (κ1) is 15.6. The molecule has 0 saturated carbocycles. The van der Waals surface area contributed by atoms with Crippen molar-refractivity contribution in [3.05, 3.63) is 35.9 Å². The second-order valence-corrected chi connectivity index (χ2v) is 6.97. The average Bonchev–Trinajstić information content (AvgIpc) is 2.44. The molecule has 2 rings (SSSR count). The molecule has 1 aliphatic heterocycles. The van der Waals surface area contributed by atoms with E-state index < -0.39 is 0 Å². The standard InChI is InChI=1S/C18H26N2O/c1-18(2,3)15-9-11-20(12-10-15)17(21)8-7-14-5-4-6-16(19)13-14/h4-8,13,15H,9-12,19H2,1-3H3/b8-7+. The second-order valence-electron chi connectivity index (χ2n) is 6.97. The molecule has 1 aromatic carbocycles. The van der Waals surface area contributed by atoms with Gasteiger partial charge in [0, 0.05) is 24.9 Å². The summed E-state index contributed by atoms with van der Waals surface area (Å²) in [5, 5.41) is 0. The zero-order chi connectivity index (χ0) is 15.5. The maximum absolute atomic E-state index is 12.2. The van der Waals surface area contributed by atoms with Gasteiger partial charge in [0.25, 0.3) is 0 Å². The SMILES string of the molecule is CC(C)(C)C1CCN(C(=O)/C=C/c2cccc(N)c2)CC1. The molecule has 21 heavy (non-hydrogen) atoms. The average molecular weight is 286 g/mol. The fourth-order valence-electron chi connectivity index (χ4n) is 2.90. The number of nitrogens with two attached hydrogens (primary N) is 1. The number of rotatable bonds is 2. The summed E-state index contributed by atoms with van der Waals surface area (Å²) in [5.74, 6) is 0.809. The fourth-order valence-corrected chi connectivity index (χ4v) is 2.90. The van der Waals surface area contributed by atoms with Crippen LogP contribution in [0.5, 0.6) is 0 Å². The minimum absolute atomic E-state index is 0.102. The molecule has 0 atom stereocenters. The highest BCUT2D eigenvalue weighted by molar-refractivity contribution is 5.91. The Hall–Kier alpha value is -1.77. The first-order valence-electron chi connectivity index (χ1n) is 7.69. The number of carbonyl (C=O) groups excluding carboxylic acids is 1. The largest absolute Gasteiger partial charge is 0.399 e. The van der Waals surface area contributed by atoms with Crippen LogP contribution in [0, 0.1) is 11.3 Å². The first-order chi connectivity index (χ1) is 9.86. The summed E-state index contributed by atoms with van der Waals surface area (Å²) < 4.78 is 0. The molecule has 1 amide bonds. The van der Waals surface area contributed by atoms with Crippen LogP contribution in [0.3, 0.4) is 0 Å². The van der Waals surface area contributed by atoms with Crippen LogP contribution < -0.4 is 5.73 Å². The van der Waals surface area contributed by atoms with Gasteiger partial charge in [0.05, 0.1) is 0 Å². The van der Waals surface area contributed by atoms with Crippen molar-refractivity contribution in [3.8, 4) is 0 Å². The summed E-state index contributed by atoms with van der Waals surface area (Å²) in [6.07, 6.45) is 5.70. The normalized spacial score (nSPS) is 17.4. The molecule has 0 aromatic heterocycles. The van der Waals surface area contributed by atoms with Gasteiger partial charge in [-0.1, -0.05) is 32.9 Å². The van der Waals surface area contributed by atoms with Gasteiger partial charge in [-0.05, 0) is 47.9 Å². The molecule has 0 spiro atoms. The van der Waals surface area contributed by atoms with Crippen LogP contribution in [-0.2, 0) is 4.79 Å². The van der Waals surface area contributed by atoms with Crippen molar-refractivity contribution in [2.45, 2.75) is 33.6 Å². The Morgan fingerprint density at radius 3 is 2.52 bits per heavy atom. The summed E-state index contributed by atoms with van der Waals surface area (Å²) in [6.45, 7) is 8.59. The highest BCUT2D eigenvalue weighted by Crippen LogP contribution is 2.34. The van der Waals surface area contributed by atoms with Crippen LogP contribution in [0.1, 0.15) is 39.2 Å². The number of piperidine rings is 1. The van der Waals surface area contributed by atoms with Crippen LogP contribution >= 0.6 is 0 Å². The second kappa shape index (κ2) is 6.33. The number of carbonyl (C=O) groups is 1. The van der Waals surface area contributed by atoms with Crippen LogP contribution in [0.4, 0.5) is 5.69 Å². The Bertz CT molecular complexity index is 520. The van der Waals surface area contributed by atoms with E-state index in [1.807, 2.05) is 35.2 Å². The van der Waals surface area contributed by atoms with E-state index in [2.05, 4.69) is 20.8 Å². The van der Waals surface area contributed by atoms with Crippen molar-refractivity contribution < 1.29 is 4.79 Å². The third kappa shape index (κ3) is 4.35. The first-order valence-corrected chi connectivity index (χ1v) is 7.69. The quantitative estimate of drug-likeness (QED) is 0.667. The fraction of sp³-hybridized carbons (Fsp3) is 0.500. The summed E-state index contributed by atoms with van der Waals surface area (Å²) in [7, 11) is 0. The van der Waals surface area contributed by atoms with Gasteiger partial charge >= 0.3 is 0 Å². The van der Waals surface area contributed by atoms with Crippen molar-refractivity contribution in [1.82, 2.24) is 4.90 Å². The van der Waals surface area contributed by atoms with Crippen molar-refractivity contribution in [2.75, 3.05) is 18.8 Å². The number of anilines is 1. The molecule has 114 valence electrons. The zero-order valence-electron chi connectivity index (χ0n) is 13.3. The van der Waals surface area contributed by atoms with Crippen molar-refractivity contribution in [1.29, 1.82) is 0 Å². The van der Waals surface area contributed by atoms with Gasteiger partial charge in [-0.25, -0.2) is 0 Å². The number of nitrogen functional groups attached to an aromatic ring is 1. The van der Waals surface area contributed by atoms with E-state index in [4.69, 9.17) is 5.73 Å². The van der Waals surface area contributed by atoms with Crippen molar-refractivity contribution >= 4 is 17.7 Å². The Balaban J connectivity index is 1.91. The monoisotopic (exact) mass is 286 g/mol. The molecule has 0 radical (unpaired) electrons. The lowest BCUT2D eigenvalue weighted by atomic mass is 9.75. The zero-order valence-corrected chi connectivity index (χ0v) is 13.3. The topological polar surface area (TPSA) is 46.3 Å². The molecule has 3 heteroatoms. The molecular formula is C18H26N2O. The van der Waals surface area contributed by atoms with Gasteiger partial charge < -0.3 is 10.6 Å². The molecule has 3 nitrogen and oxygen atoms in total. The van der Waals surface area contributed by atoms with Gasteiger partial charge in [0.1, 0.15) is 0 Å². The number of hydrogen-bond donors (Lipinski definition) is 1. The lowest BCUT2D eigenvalue weighted by molar-refractivity contribution is -0.127. The van der Waals surface area contributed by atoms with Gasteiger partial charge in [-0.15, -0.1) is 0 Å². The van der Waals surface area contributed by atoms with E-state index >= 15 is 0 Å². The maximum Gasteiger partial charge on any atom is 0.246 e. The summed E-state index contributed by atoms with van der Waals surface area (Å²) in [5.41, 5.74) is 7.76. The van der Waals surface area contributed by atoms with Crippen molar-refractivity contribution in [3.63, 3.8) is 0 Å². The van der Waals surface area contributed by atoms with E-state index in [0.717, 1.165) is 37.2 Å². The Labute approximate surface area is 127 Å². The van der Waals surface area contributed by atoms with Gasteiger partial charge in [-0.2, -0.15) is 0 Å². The van der Waals surface area contributed by atoms with Crippen LogP contribution in [0.2, 0.25) is 0 Å². The number of benzene rings is 1. The number of hydrogen-bond acceptors (Lipinski definition) is 2. The third-order valence-electron chi connectivity index (χ3n) is 4.36. The number of nitrogens with zero attached hydrogens (tertiary/aromatic N) is 1. The van der Waals surface area contributed by atoms with Gasteiger partial charge in [0.15, 0.2) is 0 Å². The predicted octanol–water partition coefficient (Wildman–Crippen LogP) is 3.57. The molecule has 1 heterocycles. The summed E-state index contributed by atoms with van der Waals surface area (Å²) in [6, 6.07) is 7.56. The smallest absolute Gasteiger partial charge is 0.246 e. The molecule has 0 bridgehead atoms. The minimum atomic E-state index is 0.102. The summed E-state index contributed by atoms with van der Waals surface area (Å²) in [4.78, 5) is 14.2. The molecule has 1 aromatic rings. The molecule has 2 N–H and O–H groups in total. The lowest BCUT2D eigenvalue weighted by Crippen LogP contribution is -2.40. The number of amides is 1. The highest BCUT2D eigenvalue weighted by Gasteiger charge is 2.29. The molecule has 1 aliphatic rings. The van der Waals surface area contributed by atoms with E-state index in [-0.39, 0.29) is 5.91 Å². The van der Waals surface area contributed by atoms with Gasteiger partial charge in [-0.3, -0.25) is 4.79 Å². The van der Waals surface area contributed by atoms with E-state index in [1.54, 1.807) is 6.08 Å². The third-order valence-corrected chi connectivity index (χ3v) is 4.36. The van der Waals surface area contributed by atoms with Crippen LogP contribution in [0.15, 0.2) is 30.3 Å². The van der Waals surface area contributed by atoms with Crippen LogP contribution in [-0.4, -0.2) is 23.9 Å². The Morgan fingerprint density at radius 2 is 1.95 bits per heavy atom. The van der Waals surface area contributed by atoms with Crippen molar-refractivity contribution in [2.24, 2.45) is 11.3 Å². The predicted molar refractivity (Wildman–Crippen MR) is 88.6 cm³/mol. The molecule has 0 aliphatic carbocycles. The van der Waals surface area contributed by atoms with E-state index in [9.17, 15) is 4.79 Å². The molecular weight excluding hydrogens is 260 g/mol. The Morgan fingerprint density at radius 1 is 1.29 bits per heavy atom. The Kier molecular flexibility index (Phi) is 4.71. The van der Waals surface area contributed by atoms with Crippen LogP contribution in [0.25, 0.3) is 6.08 Å². The van der Waals surface area contributed by atoms with E-state index in [0.29, 0.717) is 11.3 Å². The molecule has 1 saturated heterocycles. The maximum atomic E-state index is 12.2. The highest BCUT2D eigenvalue weighted by atomic mass is 16.2. The number of likely N-dealkylation sites (tertiary alicyclic amines) is 1. The van der Waals surface area contributed by atoms with E-state index in [1.165, 1.54) is 0 Å². The summed E-state index contributed by atoms with van der Waals surface area (Å²) >= 11 is 0.